The molecule has 0 aliphatic carbocycles. The molecule has 0 saturated carbocycles. The van der Waals surface area contributed by atoms with Crippen LogP contribution in [0.3, 0.4) is 0 Å². The molecule has 0 aromatic heterocycles. The zero-order valence-corrected chi connectivity index (χ0v) is 20.0. The highest BCUT2D eigenvalue weighted by Crippen LogP contribution is 2.27. The number of ether oxygens (including phenoxy) is 2. The van der Waals surface area contributed by atoms with Crippen LogP contribution in [0, 0.1) is 0 Å². The third kappa shape index (κ3) is 7.06. The van der Waals surface area contributed by atoms with Gasteiger partial charge in [0.1, 0.15) is 18.1 Å². The van der Waals surface area contributed by atoms with Crippen LogP contribution >= 0.6 is 27.5 Å². The molecule has 0 unspecified atom stereocenters. The van der Waals surface area contributed by atoms with E-state index in [1.165, 1.54) is 6.21 Å². The maximum Gasteiger partial charge on any atom is 0.329 e. The van der Waals surface area contributed by atoms with E-state index in [4.69, 9.17) is 21.1 Å². The van der Waals surface area contributed by atoms with Gasteiger partial charge in [-0.15, -0.1) is 0 Å². The first-order valence-electron chi connectivity index (χ1n) is 10.00. The Kier molecular flexibility index (Phi) is 8.86. The molecule has 0 spiro atoms. The number of amides is 2. The molecule has 3 aromatic rings. The number of hydrogen-bond donors (Lipinski definition) is 2. The molecule has 0 bridgehead atoms. The van der Waals surface area contributed by atoms with Gasteiger partial charge in [-0.3, -0.25) is 9.59 Å². The minimum absolute atomic E-state index is 0.323. The summed E-state index contributed by atoms with van der Waals surface area (Å²) in [5, 5.41) is 6.99. The number of carbonyl (C=O) groups is 2. The quantitative estimate of drug-likeness (QED) is 0.239. The van der Waals surface area contributed by atoms with Gasteiger partial charge in [0.15, 0.2) is 0 Å². The first kappa shape index (κ1) is 24.3. The van der Waals surface area contributed by atoms with E-state index in [2.05, 4.69) is 31.8 Å². The van der Waals surface area contributed by atoms with Crippen molar-refractivity contribution in [3.8, 4) is 11.5 Å². The van der Waals surface area contributed by atoms with Gasteiger partial charge < -0.3 is 14.8 Å². The summed E-state index contributed by atoms with van der Waals surface area (Å²) in [5.41, 5.74) is 4.17. The Bertz CT molecular complexity index is 1170. The predicted octanol–water partition coefficient (Wildman–Crippen LogP) is 5.17. The van der Waals surface area contributed by atoms with Gasteiger partial charge in [0.2, 0.25) is 0 Å². The summed E-state index contributed by atoms with van der Waals surface area (Å²) < 4.78 is 11.9. The fraction of sp³-hybridized carbons (Fsp3) is 0.125. The third-order valence-electron chi connectivity index (χ3n) is 4.32. The number of carbonyl (C=O) groups excluding carboxylic acids is 2. The summed E-state index contributed by atoms with van der Waals surface area (Å²) in [4.78, 5) is 24.2. The molecule has 2 N–H and O–H groups in total. The van der Waals surface area contributed by atoms with E-state index in [9.17, 15) is 9.59 Å². The van der Waals surface area contributed by atoms with Crippen LogP contribution in [0.15, 0.2) is 76.3 Å². The Hall–Kier alpha value is -3.36. The lowest BCUT2D eigenvalue weighted by Gasteiger charge is -2.10. The highest BCUT2D eigenvalue weighted by molar-refractivity contribution is 9.10. The van der Waals surface area contributed by atoms with Gasteiger partial charge in [-0.05, 0) is 64.8 Å². The van der Waals surface area contributed by atoms with E-state index in [-0.39, 0.29) is 0 Å². The van der Waals surface area contributed by atoms with Crippen molar-refractivity contribution in [1.29, 1.82) is 0 Å². The van der Waals surface area contributed by atoms with Crippen molar-refractivity contribution in [2.45, 2.75) is 13.5 Å². The van der Waals surface area contributed by atoms with Gasteiger partial charge in [0.05, 0.1) is 23.0 Å². The summed E-state index contributed by atoms with van der Waals surface area (Å²) in [6.07, 6.45) is 1.42. The number of nitrogens with zero attached hydrogens (tertiary/aromatic N) is 1. The van der Waals surface area contributed by atoms with Crippen molar-refractivity contribution in [3.63, 3.8) is 0 Å². The van der Waals surface area contributed by atoms with E-state index in [1.807, 2.05) is 25.1 Å². The molecule has 2 amide bonds. The van der Waals surface area contributed by atoms with Crippen molar-refractivity contribution < 1.29 is 19.1 Å². The van der Waals surface area contributed by atoms with Gasteiger partial charge >= 0.3 is 11.8 Å². The van der Waals surface area contributed by atoms with Gasteiger partial charge in [-0.25, -0.2) is 5.43 Å². The lowest BCUT2D eigenvalue weighted by Crippen LogP contribution is -2.32. The van der Waals surface area contributed by atoms with Gasteiger partial charge in [0.25, 0.3) is 0 Å². The fourth-order valence-electron chi connectivity index (χ4n) is 2.73. The van der Waals surface area contributed by atoms with Gasteiger partial charge in [0, 0.05) is 10.6 Å². The van der Waals surface area contributed by atoms with E-state index in [1.54, 1.807) is 48.5 Å². The number of hydrogen-bond acceptors (Lipinski definition) is 5. The largest absolute Gasteiger partial charge is 0.492 e. The average Bonchev–Trinajstić information content (AvgIpc) is 2.81. The summed E-state index contributed by atoms with van der Waals surface area (Å²) in [6.45, 7) is 2.59. The molecule has 0 aliphatic heterocycles. The molecule has 0 heterocycles. The third-order valence-corrected chi connectivity index (χ3v) is 5.31. The molecule has 0 aliphatic rings. The second-order valence-electron chi connectivity index (χ2n) is 6.65. The summed E-state index contributed by atoms with van der Waals surface area (Å²) in [5.74, 6) is -0.657. The molecule has 0 radical (unpaired) electrons. The minimum atomic E-state index is -0.906. The Morgan fingerprint density at radius 3 is 2.52 bits per heavy atom. The highest BCUT2D eigenvalue weighted by Gasteiger charge is 2.15. The molecule has 0 atom stereocenters. The van der Waals surface area contributed by atoms with Crippen LogP contribution in [-0.2, 0) is 16.2 Å². The van der Waals surface area contributed by atoms with Crippen molar-refractivity contribution in [3.05, 3.63) is 87.4 Å². The molecule has 3 aromatic carbocycles. The second kappa shape index (κ2) is 12.0. The lowest BCUT2D eigenvalue weighted by atomic mass is 10.2. The minimum Gasteiger partial charge on any atom is -0.492 e. The van der Waals surface area contributed by atoms with E-state index < -0.39 is 11.8 Å². The first-order valence-corrected chi connectivity index (χ1v) is 11.2. The monoisotopic (exact) mass is 529 g/mol. The molecule has 0 fully saturated rings. The van der Waals surface area contributed by atoms with Crippen LogP contribution in [-0.4, -0.2) is 24.6 Å². The van der Waals surface area contributed by atoms with Crippen LogP contribution in [0.5, 0.6) is 11.5 Å². The van der Waals surface area contributed by atoms with Crippen molar-refractivity contribution >= 4 is 51.2 Å². The normalized spacial score (nSPS) is 10.6. The summed E-state index contributed by atoms with van der Waals surface area (Å²) in [6, 6.07) is 19.6. The number of hydrazone groups is 1. The van der Waals surface area contributed by atoms with Crippen LogP contribution in [0.25, 0.3) is 0 Å². The number of rotatable bonds is 8. The molecule has 0 saturated heterocycles. The number of halogens is 2. The topological polar surface area (TPSA) is 89.0 Å². The number of anilines is 1. The SMILES string of the molecule is CCOc1ccccc1NC(=O)C(=O)N/N=C\c1ccc(OCc2ccccc2Cl)c(Br)c1. The Morgan fingerprint density at radius 2 is 1.76 bits per heavy atom. The summed E-state index contributed by atoms with van der Waals surface area (Å²) in [7, 11) is 0. The van der Waals surface area contributed by atoms with Crippen molar-refractivity contribution in [1.82, 2.24) is 5.43 Å². The van der Waals surface area contributed by atoms with Crippen LogP contribution < -0.4 is 20.2 Å². The van der Waals surface area contributed by atoms with Gasteiger partial charge in [-0.2, -0.15) is 5.10 Å². The summed E-state index contributed by atoms with van der Waals surface area (Å²) >= 11 is 9.61. The Labute approximate surface area is 204 Å². The standard InChI is InChI=1S/C24H21BrClN3O4/c1-2-32-22-10-6-5-9-20(22)28-23(30)24(31)29-27-14-16-11-12-21(18(25)13-16)33-15-17-7-3-4-8-19(17)26/h3-14H,2,15H2,1H3,(H,28,30)(H,29,31)/b27-14-. The van der Waals surface area contributed by atoms with Crippen LogP contribution in [0.1, 0.15) is 18.1 Å². The molecule has 33 heavy (non-hydrogen) atoms. The maximum atomic E-state index is 12.1. The zero-order chi connectivity index (χ0) is 23.6. The van der Waals surface area contributed by atoms with Crippen LogP contribution in [0.4, 0.5) is 5.69 Å². The lowest BCUT2D eigenvalue weighted by molar-refractivity contribution is -0.136. The smallest absolute Gasteiger partial charge is 0.329 e. The average molecular weight is 531 g/mol. The Balaban J connectivity index is 1.54. The molecule has 3 rings (SSSR count). The first-order chi connectivity index (χ1) is 16.0. The predicted molar refractivity (Wildman–Crippen MR) is 132 cm³/mol. The van der Waals surface area contributed by atoms with E-state index in [0.29, 0.717) is 45.5 Å². The second-order valence-corrected chi connectivity index (χ2v) is 7.91. The van der Waals surface area contributed by atoms with E-state index >= 15 is 0 Å². The molecule has 9 heteroatoms. The number of nitrogens with one attached hydrogen (secondary N) is 2. The highest BCUT2D eigenvalue weighted by atomic mass is 79.9. The Morgan fingerprint density at radius 1 is 1.00 bits per heavy atom. The zero-order valence-electron chi connectivity index (χ0n) is 17.7. The molecular formula is C24H21BrClN3O4. The number of benzene rings is 3. The van der Waals surface area contributed by atoms with Gasteiger partial charge in [-0.1, -0.05) is 41.9 Å². The fourth-order valence-corrected chi connectivity index (χ4v) is 3.43. The molecular weight excluding hydrogens is 510 g/mol. The van der Waals surface area contributed by atoms with Crippen LogP contribution in [0.2, 0.25) is 5.02 Å². The van der Waals surface area contributed by atoms with Crippen molar-refractivity contribution in [2.75, 3.05) is 11.9 Å². The maximum absolute atomic E-state index is 12.1. The van der Waals surface area contributed by atoms with E-state index in [0.717, 1.165) is 5.56 Å². The number of para-hydroxylation sites is 2. The molecule has 7 nitrogen and oxygen atoms in total. The molecule has 170 valence electrons. The van der Waals surface area contributed by atoms with Crippen molar-refractivity contribution in [2.24, 2.45) is 5.10 Å².